The second-order valence-corrected chi connectivity index (χ2v) is 8.76. The summed E-state index contributed by atoms with van der Waals surface area (Å²) >= 11 is 4.89. The number of rotatable bonds is 9. The van der Waals surface area contributed by atoms with E-state index in [-0.39, 0.29) is 5.91 Å². The van der Waals surface area contributed by atoms with Crippen molar-refractivity contribution in [3.8, 4) is 0 Å². The molecule has 23 heavy (non-hydrogen) atoms. The zero-order valence-electron chi connectivity index (χ0n) is 13.3. The van der Waals surface area contributed by atoms with Crippen molar-refractivity contribution in [2.45, 2.75) is 30.4 Å². The normalized spacial score (nSPS) is 10.9. The molecule has 1 N–H and O–H groups in total. The van der Waals surface area contributed by atoms with Crippen molar-refractivity contribution in [2.75, 3.05) is 16.8 Å². The van der Waals surface area contributed by atoms with E-state index in [9.17, 15) is 4.79 Å². The Morgan fingerprint density at radius 2 is 2.04 bits per heavy atom. The molecule has 1 aromatic carbocycles. The van der Waals surface area contributed by atoms with E-state index in [1.54, 1.807) is 23.5 Å². The molecule has 2 aromatic rings. The van der Waals surface area contributed by atoms with Crippen molar-refractivity contribution < 1.29 is 4.79 Å². The highest BCUT2D eigenvalue weighted by Gasteiger charge is 2.09. The first-order valence-electron chi connectivity index (χ1n) is 7.51. The van der Waals surface area contributed by atoms with Crippen molar-refractivity contribution in [1.82, 2.24) is 10.2 Å². The first kappa shape index (κ1) is 18.3. The van der Waals surface area contributed by atoms with Gasteiger partial charge in [0.1, 0.15) is 0 Å². The number of benzene rings is 1. The SMILES string of the molecule is CC(C)CSc1nnc(NC(=O)CCSCc2ccccc2)s1. The van der Waals surface area contributed by atoms with Crippen LogP contribution >= 0.6 is 34.9 Å². The second-order valence-electron chi connectivity index (χ2n) is 5.41. The molecule has 124 valence electrons. The minimum atomic E-state index is 0.00196. The van der Waals surface area contributed by atoms with E-state index in [1.807, 2.05) is 18.2 Å². The van der Waals surface area contributed by atoms with Gasteiger partial charge in [0.2, 0.25) is 11.0 Å². The number of anilines is 1. The Balaban J connectivity index is 1.64. The maximum atomic E-state index is 11.9. The monoisotopic (exact) mass is 367 g/mol. The Hall–Kier alpha value is -1.05. The first-order chi connectivity index (χ1) is 11.1. The van der Waals surface area contributed by atoms with Crippen LogP contribution in [-0.2, 0) is 10.5 Å². The fraction of sp³-hybridized carbons (Fsp3) is 0.438. The zero-order valence-corrected chi connectivity index (χ0v) is 15.8. The average Bonchev–Trinajstić information content (AvgIpc) is 2.98. The number of thioether (sulfide) groups is 2. The van der Waals surface area contributed by atoms with Crippen LogP contribution in [0.15, 0.2) is 34.7 Å². The summed E-state index contributed by atoms with van der Waals surface area (Å²) in [7, 11) is 0. The maximum Gasteiger partial charge on any atom is 0.227 e. The second kappa shape index (κ2) is 9.95. The molecule has 0 aliphatic heterocycles. The molecule has 1 heterocycles. The van der Waals surface area contributed by atoms with E-state index in [2.05, 4.69) is 41.5 Å². The van der Waals surface area contributed by atoms with E-state index < -0.39 is 0 Å². The molecule has 0 unspecified atom stereocenters. The molecule has 0 saturated carbocycles. The number of aromatic nitrogens is 2. The van der Waals surface area contributed by atoms with Gasteiger partial charge in [-0.05, 0) is 11.5 Å². The van der Waals surface area contributed by atoms with Gasteiger partial charge < -0.3 is 5.32 Å². The van der Waals surface area contributed by atoms with Crippen LogP contribution in [0.1, 0.15) is 25.8 Å². The van der Waals surface area contributed by atoms with Crippen LogP contribution < -0.4 is 5.32 Å². The molecule has 0 fully saturated rings. The van der Waals surface area contributed by atoms with Gasteiger partial charge in [0, 0.05) is 23.7 Å². The zero-order chi connectivity index (χ0) is 16.5. The standard InChI is InChI=1S/C16H21N3OS3/c1-12(2)10-22-16-19-18-15(23-16)17-14(20)8-9-21-11-13-6-4-3-5-7-13/h3-7,12H,8-11H2,1-2H3,(H,17,18,20). The molecule has 1 aromatic heterocycles. The van der Waals surface area contributed by atoms with Gasteiger partial charge in [-0.25, -0.2) is 0 Å². The van der Waals surface area contributed by atoms with E-state index in [1.165, 1.54) is 16.9 Å². The lowest BCUT2D eigenvalue weighted by Crippen LogP contribution is -2.12. The molecular formula is C16H21N3OS3. The van der Waals surface area contributed by atoms with Crippen LogP contribution in [0.3, 0.4) is 0 Å². The molecule has 0 aliphatic rings. The minimum absolute atomic E-state index is 0.00196. The highest BCUT2D eigenvalue weighted by atomic mass is 32.2. The molecule has 0 saturated heterocycles. The third kappa shape index (κ3) is 7.37. The molecule has 1 amide bonds. The predicted molar refractivity (Wildman–Crippen MR) is 101 cm³/mol. The van der Waals surface area contributed by atoms with Gasteiger partial charge in [0.05, 0.1) is 0 Å². The third-order valence-electron chi connectivity index (χ3n) is 2.78. The number of hydrogen-bond acceptors (Lipinski definition) is 6. The summed E-state index contributed by atoms with van der Waals surface area (Å²) in [5.41, 5.74) is 1.29. The number of nitrogens with one attached hydrogen (secondary N) is 1. The Kier molecular flexibility index (Phi) is 7.91. The van der Waals surface area contributed by atoms with E-state index >= 15 is 0 Å². The Bertz CT molecular complexity index is 602. The maximum absolute atomic E-state index is 11.9. The summed E-state index contributed by atoms with van der Waals surface area (Å²) < 4.78 is 0.910. The van der Waals surface area contributed by atoms with Crippen LogP contribution in [0.25, 0.3) is 0 Å². The topological polar surface area (TPSA) is 54.9 Å². The lowest BCUT2D eigenvalue weighted by molar-refractivity contribution is -0.115. The Morgan fingerprint density at radius 3 is 2.78 bits per heavy atom. The number of nitrogens with zero attached hydrogens (tertiary/aromatic N) is 2. The number of carbonyl (C=O) groups is 1. The number of carbonyl (C=O) groups excluding carboxylic acids is 1. The van der Waals surface area contributed by atoms with E-state index in [0.717, 1.165) is 21.6 Å². The quantitative estimate of drug-likeness (QED) is 0.400. The van der Waals surface area contributed by atoms with Crippen molar-refractivity contribution in [1.29, 1.82) is 0 Å². The van der Waals surface area contributed by atoms with Gasteiger partial charge in [0.25, 0.3) is 0 Å². The minimum Gasteiger partial charge on any atom is -0.300 e. The summed E-state index contributed by atoms with van der Waals surface area (Å²) in [5, 5.41) is 11.5. The van der Waals surface area contributed by atoms with Gasteiger partial charge in [-0.2, -0.15) is 11.8 Å². The van der Waals surface area contributed by atoms with Crippen molar-refractivity contribution in [3.63, 3.8) is 0 Å². The molecule has 2 rings (SSSR count). The van der Waals surface area contributed by atoms with Gasteiger partial charge >= 0.3 is 0 Å². The van der Waals surface area contributed by atoms with Crippen molar-refractivity contribution in [3.05, 3.63) is 35.9 Å². The van der Waals surface area contributed by atoms with Crippen LogP contribution in [0.4, 0.5) is 5.13 Å². The van der Waals surface area contributed by atoms with Crippen molar-refractivity contribution in [2.24, 2.45) is 5.92 Å². The summed E-state index contributed by atoms with van der Waals surface area (Å²) in [5.74, 6) is 3.36. The molecule has 7 heteroatoms. The fourth-order valence-electron chi connectivity index (χ4n) is 1.67. The number of hydrogen-bond donors (Lipinski definition) is 1. The summed E-state index contributed by atoms with van der Waals surface area (Å²) in [6.07, 6.45) is 0.492. The highest BCUT2D eigenvalue weighted by molar-refractivity contribution is 8.01. The molecule has 0 atom stereocenters. The molecule has 0 bridgehead atoms. The molecule has 0 radical (unpaired) electrons. The van der Waals surface area contributed by atoms with Crippen LogP contribution in [-0.4, -0.2) is 27.6 Å². The number of amides is 1. The summed E-state index contributed by atoms with van der Waals surface area (Å²) in [6, 6.07) is 10.3. The van der Waals surface area contributed by atoms with E-state index in [0.29, 0.717) is 17.5 Å². The largest absolute Gasteiger partial charge is 0.300 e. The van der Waals surface area contributed by atoms with Crippen molar-refractivity contribution >= 4 is 45.9 Å². The molecule has 0 aliphatic carbocycles. The smallest absolute Gasteiger partial charge is 0.227 e. The lowest BCUT2D eigenvalue weighted by atomic mass is 10.2. The lowest BCUT2D eigenvalue weighted by Gasteiger charge is -2.02. The highest BCUT2D eigenvalue weighted by Crippen LogP contribution is 2.27. The predicted octanol–water partition coefficient (Wildman–Crippen LogP) is 4.55. The van der Waals surface area contributed by atoms with Crippen LogP contribution in [0.2, 0.25) is 0 Å². The Labute approximate surface area is 149 Å². The van der Waals surface area contributed by atoms with Crippen LogP contribution in [0, 0.1) is 5.92 Å². The molecule has 4 nitrogen and oxygen atoms in total. The first-order valence-corrected chi connectivity index (χ1v) is 10.5. The summed E-state index contributed by atoms with van der Waals surface area (Å²) in [6.45, 7) is 4.34. The third-order valence-corrected chi connectivity index (χ3v) is 6.21. The van der Waals surface area contributed by atoms with Gasteiger partial charge in [-0.15, -0.1) is 10.2 Å². The van der Waals surface area contributed by atoms with Gasteiger partial charge in [-0.3, -0.25) is 4.79 Å². The van der Waals surface area contributed by atoms with E-state index in [4.69, 9.17) is 0 Å². The Morgan fingerprint density at radius 1 is 1.26 bits per heavy atom. The van der Waals surface area contributed by atoms with Gasteiger partial charge in [0.15, 0.2) is 4.34 Å². The van der Waals surface area contributed by atoms with Crippen LogP contribution in [0.5, 0.6) is 0 Å². The summed E-state index contributed by atoms with van der Waals surface area (Å²) in [4.78, 5) is 11.9. The fourth-order valence-corrected chi connectivity index (χ4v) is 4.31. The average molecular weight is 368 g/mol. The van der Waals surface area contributed by atoms with Gasteiger partial charge in [-0.1, -0.05) is 67.3 Å². The molecular weight excluding hydrogens is 346 g/mol. The molecule has 0 spiro atoms.